The predicted octanol–water partition coefficient (Wildman–Crippen LogP) is 3.32. The average Bonchev–Trinajstić information content (AvgIpc) is 2.28. The SMILES string of the molecule is COC(=O)Cc1nc(C(F)(F)F)c(OC(F)(F)F)cc1I. The van der Waals surface area contributed by atoms with E-state index in [4.69, 9.17) is 0 Å². The molecule has 1 aromatic rings. The van der Waals surface area contributed by atoms with Gasteiger partial charge in [0.25, 0.3) is 0 Å². The van der Waals surface area contributed by atoms with E-state index in [1.54, 1.807) is 0 Å². The lowest BCUT2D eigenvalue weighted by atomic mass is 10.2. The number of nitrogens with zero attached hydrogens (tertiary/aromatic N) is 1. The topological polar surface area (TPSA) is 48.4 Å². The molecule has 0 radical (unpaired) electrons. The number of carbonyl (C=O) groups excluding carboxylic acids is 1. The maximum Gasteiger partial charge on any atom is 0.573 e. The normalized spacial score (nSPS) is 12.2. The van der Waals surface area contributed by atoms with Crippen molar-refractivity contribution in [2.75, 3.05) is 7.11 Å². The second kappa shape index (κ2) is 6.23. The van der Waals surface area contributed by atoms with Crippen LogP contribution in [-0.2, 0) is 22.1 Å². The first-order chi connectivity index (χ1) is 9.44. The van der Waals surface area contributed by atoms with Gasteiger partial charge in [0, 0.05) is 3.57 Å². The molecule has 0 N–H and O–H groups in total. The molecular weight excluding hydrogens is 423 g/mol. The fraction of sp³-hybridized carbons (Fsp3) is 0.400. The van der Waals surface area contributed by atoms with Crippen LogP contribution in [0.5, 0.6) is 5.75 Å². The van der Waals surface area contributed by atoms with E-state index < -0.39 is 36.4 Å². The molecule has 0 unspecified atom stereocenters. The number of carbonyl (C=O) groups is 1. The van der Waals surface area contributed by atoms with Gasteiger partial charge < -0.3 is 9.47 Å². The van der Waals surface area contributed by atoms with Crippen LogP contribution in [0.4, 0.5) is 26.3 Å². The molecule has 11 heteroatoms. The van der Waals surface area contributed by atoms with Crippen molar-refractivity contribution in [2.24, 2.45) is 0 Å². The molecule has 0 bridgehead atoms. The van der Waals surface area contributed by atoms with Gasteiger partial charge in [-0.1, -0.05) is 0 Å². The monoisotopic (exact) mass is 429 g/mol. The average molecular weight is 429 g/mol. The number of aromatic nitrogens is 1. The fourth-order valence-corrected chi connectivity index (χ4v) is 1.84. The minimum Gasteiger partial charge on any atom is -0.469 e. The van der Waals surface area contributed by atoms with Crippen molar-refractivity contribution in [2.45, 2.75) is 19.0 Å². The van der Waals surface area contributed by atoms with Crippen LogP contribution in [0.2, 0.25) is 0 Å². The summed E-state index contributed by atoms with van der Waals surface area (Å²) in [6, 6.07) is 0.516. The number of ether oxygens (including phenoxy) is 2. The number of halogens is 7. The van der Waals surface area contributed by atoms with E-state index in [0.717, 1.165) is 7.11 Å². The third-order valence-electron chi connectivity index (χ3n) is 2.05. The van der Waals surface area contributed by atoms with Crippen LogP contribution in [0.3, 0.4) is 0 Å². The van der Waals surface area contributed by atoms with Crippen LogP contribution >= 0.6 is 22.6 Å². The summed E-state index contributed by atoms with van der Waals surface area (Å²) in [7, 11) is 1.01. The van der Waals surface area contributed by atoms with Gasteiger partial charge in [-0.15, -0.1) is 13.2 Å². The zero-order valence-electron chi connectivity index (χ0n) is 10.1. The Hall–Kier alpha value is -1.27. The van der Waals surface area contributed by atoms with Gasteiger partial charge in [-0.05, 0) is 28.7 Å². The number of alkyl halides is 6. The highest BCUT2D eigenvalue weighted by atomic mass is 127. The second-order valence-electron chi connectivity index (χ2n) is 3.56. The van der Waals surface area contributed by atoms with E-state index in [9.17, 15) is 31.1 Å². The zero-order chi connectivity index (χ0) is 16.4. The lowest BCUT2D eigenvalue weighted by Crippen LogP contribution is -2.22. The largest absolute Gasteiger partial charge is 0.573 e. The molecule has 0 amide bonds. The molecule has 0 atom stereocenters. The molecule has 1 rings (SSSR count). The van der Waals surface area contributed by atoms with E-state index in [2.05, 4.69) is 14.5 Å². The maximum absolute atomic E-state index is 12.7. The molecular formula is C10H6F6INO3. The van der Waals surface area contributed by atoms with Gasteiger partial charge in [0.1, 0.15) is 0 Å². The Balaban J connectivity index is 3.33. The summed E-state index contributed by atoms with van der Waals surface area (Å²) in [5.74, 6) is -2.36. The summed E-state index contributed by atoms with van der Waals surface area (Å²) in [5, 5.41) is 0. The summed E-state index contributed by atoms with van der Waals surface area (Å²) >= 11 is 1.45. The summed E-state index contributed by atoms with van der Waals surface area (Å²) in [6.45, 7) is 0. The first-order valence-corrected chi connectivity index (χ1v) is 6.11. The summed E-state index contributed by atoms with van der Waals surface area (Å²) < 4.78 is 82.0. The minimum atomic E-state index is -5.30. The smallest absolute Gasteiger partial charge is 0.469 e. The first-order valence-electron chi connectivity index (χ1n) is 5.03. The van der Waals surface area contributed by atoms with Crippen molar-refractivity contribution < 1.29 is 40.6 Å². The molecule has 21 heavy (non-hydrogen) atoms. The van der Waals surface area contributed by atoms with Crippen molar-refractivity contribution in [1.29, 1.82) is 0 Å². The van der Waals surface area contributed by atoms with Crippen LogP contribution in [-0.4, -0.2) is 24.4 Å². The molecule has 118 valence electrons. The molecule has 0 fully saturated rings. The second-order valence-corrected chi connectivity index (χ2v) is 4.72. The summed E-state index contributed by atoms with van der Waals surface area (Å²) in [5.41, 5.74) is -2.22. The van der Waals surface area contributed by atoms with E-state index in [1.807, 2.05) is 0 Å². The Bertz CT molecular complexity index is 543. The lowest BCUT2D eigenvalue weighted by molar-refractivity contribution is -0.276. The van der Waals surface area contributed by atoms with E-state index >= 15 is 0 Å². The Morgan fingerprint density at radius 2 is 1.86 bits per heavy atom. The molecule has 0 aliphatic heterocycles. The van der Waals surface area contributed by atoms with E-state index in [1.165, 1.54) is 22.6 Å². The predicted molar refractivity (Wildman–Crippen MR) is 64.4 cm³/mol. The molecule has 0 spiro atoms. The first kappa shape index (κ1) is 17.8. The number of rotatable bonds is 3. The van der Waals surface area contributed by atoms with Crippen LogP contribution in [0.25, 0.3) is 0 Å². The number of pyridine rings is 1. The quantitative estimate of drug-likeness (QED) is 0.421. The Morgan fingerprint density at radius 1 is 1.29 bits per heavy atom. The van der Waals surface area contributed by atoms with Gasteiger partial charge in [0.05, 0.1) is 19.2 Å². The fourth-order valence-electron chi connectivity index (χ4n) is 1.25. The maximum atomic E-state index is 12.7. The van der Waals surface area contributed by atoms with Crippen molar-refractivity contribution in [3.05, 3.63) is 21.0 Å². The van der Waals surface area contributed by atoms with Crippen LogP contribution in [0, 0.1) is 3.57 Å². The lowest BCUT2D eigenvalue weighted by Gasteiger charge is -2.16. The number of esters is 1. The van der Waals surface area contributed by atoms with E-state index in [0.29, 0.717) is 6.07 Å². The summed E-state index contributed by atoms with van der Waals surface area (Å²) in [6.07, 6.45) is -11.1. The van der Waals surface area contributed by atoms with E-state index in [-0.39, 0.29) is 9.26 Å². The molecule has 4 nitrogen and oxygen atoms in total. The zero-order valence-corrected chi connectivity index (χ0v) is 12.3. The van der Waals surface area contributed by atoms with Gasteiger partial charge in [0.2, 0.25) is 0 Å². The Morgan fingerprint density at radius 3 is 2.29 bits per heavy atom. The van der Waals surface area contributed by atoms with Gasteiger partial charge in [0.15, 0.2) is 11.4 Å². The van der Waals surface area contributed by atoms with Crippen molar-refractivity contribution in [1.82, 2.24) is 4.98 Å². The molecule has 1 aromatic heterocycles. The third kappa shape index (κ3) is 5.21. The number of methoxy groups -OCH3 is 1. The minimum absolute atomic E-state index is 0.0924. The molecule has 0 aliphatic rings. The van der Waals surface area contributed by atoms with Crippen LogP contribution in [0.1, 0.15) is 11.4 Å². The number of hydrogen-bond donors (Lipinski definition) is 0. The van der Waals surface area contributed by atoms with Crippen LogP contribution < -0.4 is 4.74 Å². The molecule has 0 saturated heterocycles. The van der Waals surface area contributed by atoms with Gasteiger partial charge in [-0.25, -0.2) is 4.98 Å². The van der Waals surface area contributed by atoms with Crippen molar-refractivity contribution >= 4 is 28.6 Å². The Labute approximate surface area is 127 Å². The van der Waals surface area contributed by atoms with Gasteiger partial charge in [-0.2, -0.15) is 13.2 Å². The highest BCUT2D eigenvalue weighted by Gasteiger charge is 2.41. The standard InChI is InChI=1S/C10H6F6INO3/c1-20-7(19)3-5-4(17)2-6(21-10(14,15)16)8(18-5)9(11,12)13/h2H,3H2,1H3. The highest BCUT2D eigenvalue weighted by Crippen LogP contribution is 2.38. The molecule has 1 heterocycles. The van der Waals surface area contributed by atoms with Crippen LogP contribution in [0.15, 0.2) is 6.07 Å². The van der Waals surface area contributed by atoms with Crippen molar-refractivity contribution in [3.8, 4) is 5.75 Å². The molecule has 0 aromatic carbocycles. The molecule has 0 aliphatic carbocycles. The van der Waals surface area contributed by atoms with Crippen molar-refractivity contribution in [3.63, 3.8) is 0 Å². The van der Waals surface area contributed by atoms with Gasteiger partial charge >= 0.3 is 18.5 Å². The van der Waals surface area contributed by atoms with Gasteiger partial charge in [-0.3, -0.25) is 4.79 Å². The molecule has 0 saturated carbocycles. The summed E-state index contributed by atoms with van der Waals surface area (Å²) in [4.78, 5) is 14.1. The highest BCUT2D eigenvalue weighted by molar-refractivity contribution is 14.1. The third-order valence-corrected chi connectivity index (χ3v) is 2.98. The Kier molecular flexibility index (Phi) is 5.28. The number of hydrogen-bond acceptors (Lipinski definition) is 4.